The number of aliphatic hydroxyl groups is 1. The third-order valence-electron chi connectivity index (χ3n) is 5.42. The summed E-state index contributed by atoms with van der Waals surface area (Å²) in [6, 6.07) is 5.68. The van der Waals surface area contributed by atoms with Crippen molar-refractivity contribution >= 4 is 17.4 Å². The summed E-state index contributed by atoms with van der Waals surface area (Å²) in [5.74, 6) is 0.753. The normalized spacial score (nSPS) is 15.7. The van der Waals surface area contributed by atoms with Crippen molar-refractivity contribution in [2.24, 2.45) is 0 Å². The van der Waals surface area contributed by atoms with Crippen LogP contribution in [0, 0.1) is 12.7 Å². The molecule has 3 heterocycles. The van der Waals surface area contributed by atoms with Gasteiger partial charge in [0.1, 0.15) is 23.4 Å². The van der Waals surface area contributed by atoms with E-state index in [-0.39, 0.29) is 26.6 Å². The molecule has 2 N–H and O–H groups in total. The number of likely N-dealkylation sites (N-methyl/N-ethyl adjacent to an activating group) is 1. The fraction of sp³-hybridized carbons (Fsp3) is 0.417. The lowest BCUT2D eigenvalue weighted by atomic mass is 10.1. The van der Waals surface area contributed by atoms with Crippen LogP contribution in [-0.2, 0) is 24.2 Å². The molecular formula is C24H33FN6O2. The van der Waals surface area contributed by atoms with Gasteiger partial charge in [-0.05, 0) is 43.5 Å². The Morgan fingerprint density at radius 2 is 1.85 bits per heavy atom. The van der Waals surface area contributed by atoms with Crippen LogP contribution < -0.4 is 10.2 Å². The van der Waals surface area contributed by atoms with E-state index in [1.54, 1.807) is 31.0 Å². The summed E-state index contributed by atoms with van der Waals surface area (Å²) >= 11 is 0. The number of hydrogen-bond donors (Lipinski definition) is 2. The summed E-state index contributed by atoms with van der Waals surface area (Å²) in [4.78, 5) is 23.2. The topological polar surface area (TPSA) is 96.2 Å². The molecule has 3 aromatic rings. The quantitative estimate of drug-likeness (QED) is 0.591. The third-order valence-corrected chi connectivity index (χ3v) is 5.42. The number of aromatic nitrogens is 4. The first-order valence-corrected chi connectivity index (χ1v) is 10.2. The lowest BCUT2D eigenvalue weighted by molar-refractivity contribution is -0.119. The molecule has 9 heteroatoms. The molecule has 0 saturated heterocycles. The van der Waals surface area contributed by atoms with Gasteiger partial charge in [-0.3, -0.25) is 9.48 Å². The van der Waals surface area contributed by atoms with Gasteiger partial charge in [0.15, 0.2) is 5.82 Å². The number of fused-ring (bicyclic) bond motifs is 1. The smallest absolute Gasteiger partial charge is 0.249 e. The van der Waals surface area contributed by atoms with Crippen molar-refractivity contribution in [3.05, 3.63) is 65.1 Å². The van der Waals surface area contributed by atoms with Gasteiger partial charge in [-0.2, -0.15) is 5.10 Å². The first-order chi connectivity index (χ1) is 14.8. The molecule has 1 amide bonds. The van der Waals surface area contributed by atoms with Crippen molar-refractivity contribution in [3.8, 4) is 0 Å². The van der Waals surface area contributed by atoms with Crippen LogP contribution in [0.4, 0.5) is 15.9 Å². The van der Waals surface area contributed by atoms with E-state index in [1.807, 2.05) is 24.0 Å². The molecule has 0 unspecified atom stereocenters. The molecule has 0 aliphatic carbocycles. The van der Waals surface area contributed by atoms with Crippen LogP contribution in [0.2, 0.25) is 0 Å². The number of halogens is 1. The van der Waals surface area contributed by atoms with Gasteiger partial charge in [-0.1, -0.05) is 27.0 Å². The Hall–Kier alpha value is -3.33. The predicted octanol–water partition coefficient (Wildman–Crippen LogP) is 3.36. The first-order valence-electron chi connectivity index (χ1n) is 10.2. The molecule has 2 aromatic heterocycles. The number of amides is 1. The number of rotatable bonds is 6. The molecule has 33 heavy (non-hydrogen) atoms. The maximum atomic E-state index is 13.1. The van der Waals surface area contributed by atoms with Crippen molar-refractivity contribution in [3.63, 3.8) is 0 Å². The molecule has 0 fully saturated rings. The number of anilines is 2. The molecule has 1 aromatic carbocycles. The number of aryl methyl sites for hydroxylation is 3. The van der Waals surface area contributed by atoms with Crippen LogP contribution in [0.3, 0.4) is 0 Å². The van der Waals surface area contributed by atoms with E-state index in [2.05, 4.69) is 20.4 Å². The van der Waals surface area contributed by atoms with Crippen LogP contribution in [0.25, 0.3) is 0 Å². The van der Waals surface area contributed by atoms with Crippen molar-refractivity contribution in [2.75, 3.05) is 17.3 Å². The number of nitrogens with zero attached hydrogens (tertiary/aromatic N) is 5. The molecule has 1 aliphatic rings. The maximum Gasteiger partial charge on any atom is 0.249 e. The fourth-order valence-corrected chi connectivity index (χ4v) is 3.83. The van der Waals surface area contributed by atoms with Crippen LogP contribution in [-0.4, -0.2) is 50.0 Å². The van der Waals surface area contributed by atoms with Gasteiger partial charge in [-0.25, -0.2) is 14.4 Å². The lowest BCUT2D eigenvalue weighted by Crippen LogP contribution is -2.52. The highest BCUT2D eigenvalue weighted by Crippen LogP contribution is 2.32. The van der Waals surface area contributed by atoms with Crippen LogP contribution in [0.5, 0.6) is 0 Å². The minimum absolute atomic E-state index is 0. The number of aliphatic hydroxyl groups excluding tert-OH is 1. The molecule has 4 rings (SSSR count). The van der Waals surface area contributed by atoms with E-state index < -0.39 is 12.1 Å². The SMILES string of the molecule is C.C.Cc1nc(CCc2cnn(Cc3ccc(F)cc3)c2)nc2c1NC(=O)[C@H]([C@@H](C)O)N2C. The van der Waals surface area contributed by atoms with Gasteiger partial charge < -0.3 is 15.3 Å². The Kier molecular flexibility index (Phi) is 8.27. The molecule has 1 aliphatic heterocycles. The van der Waals surface area contributed by atoms with E-state index in [4.69, 9.17) is 0 Å². The van der Waals surface area contributed by atoms with E-state index in [1.165, 1.54) is 12.1 Å². The molecule has 2 atom stereocenters. The second-order valence-corrected chi connectivity index (χ2v) is 7.88. The average Bonchev–Trinajstić information content (AvgIpc) is 3.16. The second-order valence-electron chi connectivity index (χ2n) is 7.88. The van der Waals surface area contributed by atoms with Crippen molar-refractivity contribution in [2.45, 2.75) is 60.2 Å². The summed E-state index contributed by atoms with van der Waals surface area (Å²) in [7, 11) is 1.75. The van der Waals surface area contributed by atoms with Gasteiger partial charge >= 0.3 is 0 Å². The van der Waals surface area contributed by atoms with Gasteiger partial charge in [0.25, 0.3) is 0 Å². The number of hydrogen-bond acceptors (Lipinski definition) is 6. The van der Waals surface area contributed by atoms with E-state index in [0.29, 0.717) is 42.4 Å². The highest BCUT2D eigenvalue weighted by atomic mass is 19.1. The Bertz CT molecular complexity index is 1100. The largest absolute Gasteiger partial charge is 0.391 e. The molecule has 178 valence electrons. The second kappa shape index (κ2) is 10.5. The van der Waals surface area contributed by atoms with Gasteiger partial charge in [-0.15, -0.1) is 0 Å². The van der Waals surface area contributed by atoms with Crippen molar-refractivity contribution in [1.82, 2.24) is 19.7 Å². The average molecular weight is 457 g/mol. The lowest BCUT2D eigenvalue weighted by Gasteiger charge is -2.36. The Morgan fingerprint density at radius 1 is 1.15 bits per heavy atom. The molecule has 0 saturated carbocycles. The Morgan fingerprint density at radius 3 is 2.52 bits per heavy atom. The number of benzene rings is 1. The maximum absolute atomic E-state index is 13.1. The minimum atomic E-state index is -0.830. The molecule has 0 spiro atoms. The van der Waals surface area contributed by atoms with E-state index >= 15 is 0 Å². The Balaban J connectivity index is 0.00000193. The van der Waals surface area contributed by atoms with Crippen LogP contribution in [0.15, 0.2) is 36.7 Å². The summed E-state index contributed by atoms with van der Waals surface area (Å²) in [6.45, 7) is 3.99. The van der Waals surface area contributed by atoms with E-state index in [9.17, 15) is 14.3 Å². The van der Waals surface area contributed by atoms with Crippen LogP contribution in [0.1, 0.15) is 44.4 Å². The van der Waals surface area contributed by atoms with Gasteiger partial charge in [0.05, 0.1) is 24.5 Å². The monoisotopic (exact) mass is 456 g/mol. The Labute approximate surface area is 194 Å². The zero-order valence-corrected chi connectivity index (χ0v) is 17.7. The highest BCUT2D eigenvalue weighted by molar-refractivity contribution is 6.03. The number of carbonyl (C=O) groups excluding carboxylic acids is 1. The fourth-order valence-electron chi connectivity index (χ4n) is 3.83. The summed E-state index contributed by atoms with van der Waals surface area (Å²) < 4.78 is 14.9. The molecular weight excluding hydrogens is 423 g/mol. The minimum Gasteiger partial charge on any atom is -0.391 e. The number of carbonyl (C=O) groups is 1. The predicted molar refractivity (Wildman–Crippen MR) is 128 cm³/mol. The zero-order chi connectivity index (χ0) is 22.1. The van der Waals surface area contributed by atoms with Gasteiger partial charge in [0, 0.05) is 19.7 Å². The highest BCUT2D eigenvalue weighted by Gasteiger charge is 2.36. The summed E-state index contributed by atoms with van der Waals surface area (Å²) in [5, 5.41) is 17.2. The van der Waals surface area contributed by atoms with Crippen LogP contribution >= 0.6 is 0 Å². The molecule has 8 nitrogen and oxygen atoms in total. The third kappa shape index (κ3) is 5.54. The standard InChI is InChI=1S/C22H25FN6O2.2CH4/c1-13-19-21(28(3)20(14(2)30)22(31)27-19)26-18(25-13)9-6-16-10-24-29(12-16)11-15-4-7-17(23)8-5-15;;/h4-5,7-8,10,12,14,20,30H,6,9,11H2,1-3H3,(H,27,31);2*1H4/t14-,20+;;/m1../s1. The molecule has 0 radical (unpaired) electrons. The van der Waals surface area contributed by atoms with E-state index in [0.717, 1.165) is 11.1 Å². The van der Waals surface area contributed by atoms with Crippen molar-refractivity contribution < 1.29 is 14.3 Å². The molecule has 0 bridgehead atoms. The van der Waals surface area contributed by atoms with Gasteiger partial charge in [0.2, 0.25) is 5.91 Å². The number of nitrogens with one attached hydrogen (secondary N) is 1. The first kappa shape index (κ1) is 25.9. The zero-order valence-electron chi connectivity index (χ0n) is 17.7. The summed E-state index contributed by atoms with van der Waals surface area (Å²) in [5.41, 5.74) is 3.29. The van der Waals surface area contributed by atoms with Crippen molar-refractivity contribution in [1.29, 1.82) is 0 Å². The summed E-state index contributed by atoms with van der Waals surface area (Å²) in [6.07, 6.45) is 4.26.